The molecule has 6 nitrogen and oxygen atoms in total. The van der Waals surface area contributed by atoms with Crippen LogP contribution in [-0.4, -0.2) is 44.5 Å². The molecule has 0 aliphatic heterocycles. The lowest BCUT2D eigenvalue weighted by Gasteiger charge is -2.05. The van der Waals surface area contributed by atoms with Gasteiger partial charge in [-0.2, -0.15) is 0 Å². The highest BCUT2D eigenvalue weighted by Gasteiger charge is 2.07. The SMILES string of the molecule is COCCOCCOC(=O)c1ccc(N)cn1. The third-order valence-electron chi connectivity index (χ3n) is 1.89. The van der Waals surface area contributed by atoms with E-state index in [0.29, 0.717) is 25.5 Å². The number of methoxy groups -OCH3 is 1. The predicted octanol–water partition coefficient (Wildman–Crippen LogP) is 0.484. The Morgan fingerprint density at radius 2 is 2.06 bits per heavy atom. The fourth-order valence-electron chi connectivity index (χ4n) is 1.04. The van der Waals surface area contributed by atoms with Crippen molar-refractivity contribution in [1.29, 1.82) is 0 Å². The number of carbonyl (C=O) groups excluding carboxylic acids is 1. The minimum absolute atomic E-state index is 0.189. The molecular weight excluding hydrogens is 224 g/mol. The second-order valence-corrected chi connectivity index (χ2v) is 3.22. The monoisotopic (exact) mass is 240 g/mol. The molecular formula is C11H16N2O4. The first-order valence-corrected chi connectivity index (χ1v) is 5.19. The molecule has 0 fully saturated rings. The molecule has 0 amide bonds. The van der Waals surface area contributed by atoms with Crippen LogP contribution in [0.1, 0.15) is 10.5 Å². The summed E-state index contributed by atoms with van der Waals surface area (Å²) in [5.74, 6) is -0.486. The second kappa shape index (κ2) is 7.59. The van der Waals surface area contributed by atoms with E-state index in [4.69, 9.17) is 19.9 Å². The fourth-order valence-corrected chi connectivity index (χ4v) is 1.04. The number of pyridine rings is 1. The number of nitrogens with two attached hydrogens (primary N) is 1. The summed E-state index contributed by atoms with van der Waals surface area (Å²) in [6.45, 7) is 1.53. The molecule has 17 heavy (non-hydrogen) atoms. The van der Waals surface area contributed by atoms with Crippen molar-refractivity contribution < 1.29 is 19.0 Å². The number of rotatable bonds is 7. The number of aromatic nitrogens is 1. The summed E-state index contributed by atoms with van der Waals surface area (Å²) in [7, 11) is 1.59. The summed E-state index contributed by atoms with van der Waals surface area (Å²) < 4.78 is 14.9. The highest BCUT2D eigenvalue weighted by molar-refractivity contribution is 5.87. The van der Waals surface area contributed by atoms with E-state index in [-0.39, 0.29) is 12.3 Å². The zero-order valence-electron chi connectivity index (χ0n) is 9.72. The Morgan fingerprint density at radius 3 is 2.71 bits per heavy atom. The summed E-state index contributed by atoms with van der Waals surface area (Å²) in [6, 6.07) is 3.11. The van der Waals surface area contributed by atoms with Gasteiger partial charge >= 0.3 is 5.97 Å². The Kier molecular flexibility index (Phi) is 5.98. The second-order valence-electron chi connectivity index (χ2n) is 3.22. The first-order chi connectivity index (χ1) is 8.24. The molecule has 94 valence electrons. The summed E-state index contributed by atoms with van der Waals surface area (Å²) in [4.78, 5) is 15.3. The summed E-state index contributed by atoms with van der Waals surface area (Å²) in [5, 5.41) is 0. The van der Waals surface area contributed by atoms with Crippen LogP contribution in [0.25, 0.3) is 0 Å². The van der Waals surface area contributed by atoms with Gasteiger partial charge in [-0.1, -0.05) is 0 Å². The highest BCUT2D eigenvalue weighted by Crippen LogP contribution is 2.02. The van der Waals surface area contributed by atoms with Crippen molar-refractivity contribution in [3.8, 4) is 0 Å². The Labute approximate surface area is 99.7 Å². The summed E-state index contributed by atoms with van der Waals surface area (Å²) >= 11 is 0. The lowest BCUT2D eigenvalue weighted by atomic mass is 10.3. The van der Waals surface area contributed by atoms with E-state index in [1.165, 1.54) is 12.3 Å². The standard InChI is InChI=1S/C11H16N2O4/c1-15-4-5-16-6-7-17-11(14)10-3-2-9(12)8-13-10/h2-3,8H,4-7,12H2,1H3. The van der Waals surface area contributed by atoms with Crippen LogP contribution in [-0.2, 0) is 14.2 Å². The normalized spacial score (nSPS) is 10.2. The molecule has 0 saturated carbocycles. The maximum atomic E-state index is 11.4. The van der Waals surface area contributed by atoms with E-state index in [0.717, 1.165) is 0 Å². The van der Waals surface area contributed by atoms with Gasteiger partial charge in [-0.05, 0) is 12.1 Å². The molecule has 1 rings (SSSR count). The quantitative estimate of drug-likeness (QED) is 0.551. The predicted molar refractivity (Wildman–Crippen MR) is 61.6 cm³/mol. The van der Waals surface area contributed by atoms with E-state index >= 15 is 0 Å². The van der Waals surface area contributed by atoms with Gasteiger partial charge in [-0.25, -0.2) is 9.78 Å². The van der Waals surface area contributed by atoms with E-state index in [2.05, 4.69) is 4.98 Å². The van der Waals surface area contributed by atoms with Gasteiger partial charge in [0.05, 0.1) is 31.7 Å². The molecule has 6 heteroatoms. The van der Waals surface area contributed by atoms with Crippen LogP contribution >= 0.6 is 0 Å². The molecule has 1 aromatic rings. The zero-order valence-corrected chi connectivity index (χ0v) is 9.72. The summed E-state index contributed by atoms with van der Waals surface area (Å²) in [6.07, 6.45) is 1.41. The maximum Gasteiger partial charge on any atom is 0.356 e. The van der Waals surface area contributed by atoms with Crippen molar-refractivity contribution >= 4 is 11.7 Å². The van der Waals surface area contributed by atoms with Crippen LogP contribution in [0.5, 0.6) is 0 Å². The average molecular weight is 240 g/mol. The van der Waals surface area contributed by atoms with Crippen molar-refractivity contribution in [2.24, 2.45) is 0 Å². The molecule has 0 radical (unpaired) electrons. The van der Waals surface area contributed by atoms with Gasteiger partial charge < -0.3 is 19.9 Å². The van der Waals surface area contributed by atoms with Gasteiger partial charge in [0, 0.05) is 7.11 Å². The maximum absolute atomic E-state index is 11.4. The number of esters is 1. The Morgan fingerprint density at radius 1 is 1.29 bits per heavy atom. The Bertz CT molecular complexity index is 340. The van der Waals surface area contributed by atoms with Gasteiger partial charge in [0.15, 0.2) is 0 Å². The van der Waals surface area contributed by atoms with Crippen molar-refractivity contribution in [1.82, 2.24) is 4.98 Å². The molecule has 0 unspecified atom stereocenters. The molecule has 1 heterocycles. The Balaban J connectivity index is 2.19. The number of nitrogen functional groups attached to an aromatic ring is 1. The number of carbonyl (C=O) groups is 1. The molecule has 0 aliphatic rings. The Hall–Kier alpha value is -1.66. The van der Waals surface area contributed by atoms with Crippen LogP contribution in [0.15, 0.2) is 18.3 Å². The number of nitrogens with zero attached hydrogens (tertiary/aromatic N) is 1. The largest absolute Gasteiger partial charge is 0.459 e. The van der Waals surface area contributed by atoms with Gasteiger partial charge in [0.1, 0.15) is 12.3 Å². The first-order valence-electron chi connectivity index (χ1n) is 5.19. The zero-order chi connectivity index (χ0) is 12.5. The molecule has 2 N–H and O–H groups in total. The minimum atomic E-state index is -0.486. The van der Waals surface area contributed by atoms with E-state index in [1.54, 1.807) is 13.2 Å². The smallest absolute Gasteiger partial charge is 0.356 e. The van der Waals surface area contributed by atoms with Gasteiger partial charge in [-0.3, -0.25) is 0 Å². The average Bonchev–Trinajstić information content (AvgIpc) is 2.34. The number of hydrogen-bond acceptors (Lipinski definition) is 6. The molecule has 0 atom stereocenters. The van der Waals surface area contributed by atoms with Gasteiger partial charge in [0.2, 0.25) is 0 Å². The van der Waals surface area contributed by atoms with E-state index in [9.17, 15) is 4.79 Å². The van der Waals surface area contributed by atoms with Crippen LogP contribution in [0.4, 0.5) is 5.69 Å². The van der Waals surface area contributed by atoms with Crippen molar-refractivity contribution in [3.05, 3.63) is 24.0 Å². The number of ether oxygens (including phenoxy) is 3. The minimum Gasteiger partial charge on any atom is -0.459 e. The first kappa shape index (κ1) is 13.4. The number of anilines is 1. The fraction of sp³-hybridized carbons (Fsp3) is 0.455. The van der Waals surface area contributed by atoms with Gasteiger partial charge in [0.25, 0.3) is 0 Å². The lowest BCUT2D eigenvalue weighted by molar-refractivity contribution is 0.0209. The lowest BCUT2D eigenvalue weighted by Crippen LogP contribution is -2.13. The molecule has 0 spiro atoms. The van der Waals surface area contributed by atoms with E-state index < -0.39 is 5.97 Å². The van der Waals surface area contributed by atoms with Crippen LogP contribution in [0, 0.1) is 0 Å². The van der Waals surface area contributed by atoms with E-state index in [1.807, 2.05) is 0 Å². The molecule has 0 saturated heterocycles. The molecule has 0 bridgehead atoms. The van der Waals surface area contributed by atoms with Crippen molar-refractivity contribution in [3.63, 3.8) is 0 Å². The highest BCUT2D eigenvalue weighted by atomic mass is 16.6. The van der Waals surface area contributed by atoms with Crippen molar-refractivity contribution in [2.45, 2.75) is 0 Å². The third-order valence-corrected chi connectivity index (χ3v) is 1.89. The van der Waals surface area contributed by atoms with Crippen LogP contribution in [0.2, 0.25) is 0 Å². The van der Waals surface area contributed by atoms with Crippen molar-refractivity contribution in [2.75, 3.05) is 39.3 Å². The molecule has 0 aliphatic carbocycles. The molecule has 0 aromatic carbocycles. The van der Waals surface area contributed by atoms with Crippen LogP contribution in [0.3, 0.4) is 0 Å². The number of hydrogen-bond donors (Lipinski definition) is 1. The molecule has 1 aromatic heterocycles. The van der Waals surface area contributed by atoms with Gasteiger partial charge in [-0.15, -0.1) is 0 Å². The summed E-state index contributed by atoms with van der Waals surface area (Å²) in [5.41, 5.74) is 6.19. The topological polar surface area (TPSA) is 83.7 Å². The van der Waals surface area contributed by atoms with Crippen LogP contribution < -0.4 is 5.73 Å². The third kappa shape index (κ3) is 5.28.